The lowest BCUT2D eigenvalue weighted by atomic mass is 9.74. The third-order valence-corrected chi connectivity index (χ3v) is 6.48. The Morgan fingerprint density at radius 1 is 1.27 bits per heavy atom. The number of carbonyl (C=O) groups excluding carboxylic acids is 1. The van der Waals surface area contributed by atoms with Gasteiger partial charge in [-0.05, 0) is 38.5 Å². The van der Waals surface area contributed by atoms with Crippen LogP contribution >= 0.6 is 0 Å². The molecule has 0 radical (unpaired) electrons. The maximum Gasteiger partial charge on any atom is 0.224 e. The standard InChI is InChI=1S/C15H29N3O3S/c1-15(16)8-4-3-5-13(15)14(19)17-11-12-6-9-18(10-7-12)22(2,20)21/h12-13H,3-11,16H2,1-2H3,(H,17,19). The Morgan fingerprint density at radius 2 is 1.91 bits per heavy atom. The molecule has 2 rings (SSSR count). The molecule has 0 aromatic carbocycles. The molecule has 0 aromatic heterocycles. The number of amides is 1. The van der Waals surface area contributed by atoms with Crippen LogP contribution in [-0.4, -0.2) is 50.1 Å². The van der Waals surface area contributed by atoms with Crippen molar-refractivity contribution in [2.24, 2.45) is 17.6 Å². The van der Waals surface area contributed by atoms with E-state index in [0.717, 1.165) is 38.5 Å². The molecule has 2 fully saturated rings. The van der Waals surface area contributed by atoms with Gasteiger partial charge >= 0.3 is 0 Å². The van der Waals surface area contributed by atoms with Crippen LogP contribution in [-0.2, 0) is 14.8 Å². The highest BCUT2D eigenvalue weighted by Crippen LogP contribution is 2.31. The van der Waals surface area contributed by atoms with Gasteiger partial charge < -0.3 is 11.1 Å². The molecule has 1 aliphatic carbocycles. The topological polar surface area (TPSA) is 92.5 Å². The largest absolute Gasteiger partial charge is 0.356 e. The van der Waals surface area contributed by atoms with Crippen molar-refractivity contribution in [3.8, 4) is 0 Å². The van der Waals surface area contributed by atoms with E-state index < -0.39 is 15.6 Å². The molecule has 0 spiro atoms. The van der Waals surface area contributed by atoms with Crippen LogP contribution < -0.4 is 11.1 Å². The minimum Gasteiger partial charge on any atom is -0.356 e. The molecule has 1 saturated carbocycles. The second-order valence-corrected chi connectivity index (χ2v) is 9.14. The molecule has 1 heterocycles. The molecule has 1 saturated heterocycles. The Balaban J connectivity index is 1.78. The lowest BCUT2D eigenvalue weighted by molar-refractivity contribution is -0.128. The average Bonchev–Trinajstić information content (AvgIpc) is 2.44. The quantitative estimate of drug-likeness (QED) is 0.792. The summed E-state index contributed by atoms with van der Waals surface area (Å²) >= 11 is 0. The van der Waals surface area contributed by atoms with E-state index in [1.54, 1.807) is 0 Å². The fraction of sp³-hybridized carbons (Fsp3) is 0.933. The fourth-order valence-corrected chi connectivity index (χ4v) is 4.48. The van der Waals surface area contributed by atoms with Crippen LogP contribution in [0.4, 0.5) is 0 Å². The number of hydrogen-bond donors (Lipinski definition) is 2. The van der Waals surface area contributed by atoms with E-state index in [1.807, 2.05) is 6.92 Å². The Hall–Kier alpha value is -0.660. The zero-order valence-corrected chi connectivity index (χ0v) is 14.5. The molecule has 7 heteroatoms. The van der Waals surface area contributed by atoms with Crippen LogP contribution in [0.5, 0.6) is 0 Å². The number of hydrogen-bond acceptors (Lipinski definition) is 4. The Kier molecular flexibility index (Phi) is 5.50. The second kappa shape index (κ2) is 6.84. The summed E-state index contributed by atoms with van der Waals surface area (Å²) < 4.78 is 24.5. The van der Waals surface area contributed by atoms with Gasteiger partial charge in [-0.2, -0.15) is 0 Å². The first-order valence-corrected chi connectivity index (χ1v) is 10.1. The summed E-state index contributed by atoms with van der Waals surface area (Å²) in [6, 6.07) is 0. The van der Waals surface area contributed by atoms with Gasteiger partial charge in [-0.3, -0.25) is 4.79 Å². The highest BCUT2D eigenvalue weighted by atomic mass is 32.2. The van der Waals surface area contributed by atoms with Gasteiger partial charge in [0.2, 0.25) is 15.9 Å². The summed E-state index contributed by atoms with van der Waals surface area (Å²) in [5.74, 6) is 0.321. The van der Waals surface area contributed by atoms with Crippen molar-refractivity contribution in [1.82, 2.24) is 9.62 Å². The third-order valence-electron chi connectivity index (χ3n) is 5.18. The van der Waals surface area contributed by atoms with Crippen molar-refractivity contribution >= 4 is 15.9 Å². The molecule has 2 atom stereocenters. The molecule has 0 bridgehead atoms. The highest BCUT2D eigenvalue weighted by Gasteiger charge is 2.37. The van der Waals surface area contributed by atoms with E-state index in [0.29, 0.717) is 25.6 Å². The fourth-order valence-electron chi connectivity index (χ4n) is 3.60. The molecule has 1 aliphatic heterocycles. The number of nitrogens with two attached hydrogens (primary N) is 1. The first-order valence-electron chi connectivity index (χ1n) is 8.22. The van der Waals surface area contributed by atoms with Gasteiger partial charge in [-0.25, -0.2) is 12.7 Å². The monoisotopic (exact) mass is 331 g/mol. The zero-order valence-electron chi connectivity index (χ0n) is 13.7. The molecule has 128 valence electrons. The van der Waals surface area contributed by atoms with Gasteiger partial charge in [0.1, 0.15) is 0 Å². The number of carbonyl (C=O) groups is 1. The lowest BCUT2D eigenvalue weighted by Gasteiger charge is -2.37. The normalized spacial score (nSPS) is 31.9. The van der Waals surface area contributed by atoms with Crippen molar-refractivity contribution in [1.29, 1.82) is 0 Å². The SMILES string of the molecule is CC1(N)CCCCC1C(=O)NCC1CCN(S(C)(=O)=O)CC1. The van der Waals surface area contributed by atoms with Crippen molar-refractivity contribution in [3.05, 3.63) is 0 Å². The van der Waals surface area contributed by atoms with Gasteiger partial charge in [-0.1, -0.05) is 12.8 Å². The summed E-state index contributed by atoms with van der Waals surface area (Å²) in [5, 5.41) is 3.04. The Labute approximate surface area is 133 Å². The number of rotatable bonds is 4. The molecule has 22 heavy (non-hydrogen) atoms. The molecule has 3 N–H and O–H groups in total. The maximum absolute atomic E-state index is 12.4. The van der Waals surface area contributed by atoms with Crippen LogP contribution in [0.1, 0.15) is 45.4 Å². The van der Waals surface area contributed by atoms with E-state index in [4.69, 9.17) is 5.73 Å². The van der Waals surface area contributed by atoms with Gasteiger partial charge in [-0.15, -0.1) is 0 Å². The van der Waals surface area contributed by atoms with Gasteiger partial charge in [0.15, 0.2) is 0 Å². The van der Waals surface area contributed by atoms with Crippen LogP contribution in [0.25, 0.3) is 0 Å². The minimum absolute atomic E-state index is 0.0650. The summed E-state index contributed by atoms with van der Waals surface area (Å²) in [4.78, 5) is 12.4. The number of nitrogens with one attached hydrogen (secondary N) is 1. The van der Waals surface area contributed by atoms with E-state index >= 15 is 0 Å². The van der Waals surface area contributed by atoms with Gasteiger partial charge in [0.25, 0.3) is 0 Å². The predicted octanol–water partition coefficient (Wildman–Crippen LogP) is 0.682. The van der Waals surface area contributed by atoms with Crippen LogP contribution in [0, 0.1) is 11.8 Å². The maximum atomic E-state index is 12.4. The molecule has 2 unspecified atom stereocenters. The van der Waals surface area contributed by atoms with Crippen molar-refractivity contribution in [2.45, 2.75) is 51.0 Å². The summed E-state index contributed by atoms with van der Waals surface area (Å²) in [7, 11) is -3.08. The van der Waals surface area contributed by atoms with Gasteiger partial charge in [0.05, 0.1) is 12.2 Å². The predicted molar refractivity (Wildman–Crippen MR) is 86.7 cm³/mol. The molecule has 1 amide bonds. The number of nitrogens with zero attached hydrogens (tertiary/aromatic N) is 1. The smallest absolute Gasteiger partial charge is 0.224 e. The van der Waals surface area contributed by atoms with Crippen molar-refractivity contribution in [3.63, 3.8) is 0 Å². The molecular weight excluding hydrogens is 302 g/mol. The second-order valence-electron chi connectivity index (χ2n) is 7.15. The Bertz CT molecular complexity index is 496. The average molecular weight is 331 g/mol. The molecular formula is C15H29N3O3S. The first kappa shape index (κ1) is 17.7. The van der Waals surface area contributed by atoms with E-state index in [-0.39, 0.29) is 11.8 Å². The summed E-state index contributed by atoms with van der Waals surface area (Å²) in [6.07, 6.45) is 6.79. The number of sulfonamides is 1. The van der Waals surface area contributed by atoms with Gasteiger partial charge in [0, 0.05) is 25.2 Å². The lowest BCUT2D eigenvalue weighted by Crippen LogP contribution is -2.53. The van der Waals surface area contributed by atoms with E-state index in [9.17, 15) is 13.2 Å². The summed E-state index contributed by atoms with van der Waals surface area (Å²) in [6.45, 7) is 3.71. The molecule has 0 aromatic rings. The van der Waals surface area contributed by atoms with Crippen molar-refractivity contribution in [2.75, 3.05) is 25.9 Å². The summed E-state index contributed by atoms with van der Waals surface area (Å²) in [5.41, 5.74) is 5.86. The first-order chi connectivity index (χ1) is 10.2. The van der Waals surface area contributed by atoms with E-state index in [1.165, 1.54) is 10.6 Å². The highest BCUT2D eigenvalue weighted by molar-refractivity contribution is 7.88. The zero-order chi connectivity index (χ0) is 16.4. The third kappa shape index (κ3) is 4.43. The van der Waals surface area contributed by atoms with Crippen LogP contribution in [0.2, 0.25) is 0 Å². The molecule has 2 aliphatic rings. The van der Waals surface area contributed by atoms with Crippen molar-refractivity contribution < 1.29 is 13.2 Å². The van der Waals surface area contributed by atoms with Crippen LogP contribution in [0.15, 0.2) is 0 Å². The number of piperidine rings is 1. The Morgan fingerprint density at radius 3 is 2.45 bits per heavy atom. The minimum atomic E-state index is -3.08. The van der Waals surface area contributed by atoms with Crippen LogP contribution in [0.3, 0.4) is 0 Å². The van der Waals surface area contributed by atoms with E-state index in [2.05, 4.69) is 5.32 Å². The molecule has 6 nitrogen and oxygen atoms in total.